The summed E-state index contributed by atoms with van der Waals surface area (Å²) >= 11 is 5.77. The van der Waals surface area contributed by atoms with Crippen LogP contribution in [0.5, 0.6) is 0 Å². The number of nitrogens with one attached hydrogen (secondary N) is 1. The topological polar surface area (TPSA) is 37.8 Å². The number of rotatable bonds is 3. The molecule has 0 atom stereocenters. The van der Waals surface area contributed by atoms with Gasteiger partial charge in [-0.3, -0.25) is 0 Å². The molecule has 70 valence electrons. The minimum atomic E-state index is 0.476. The van der Waals surface area contributed by atoms with Gasteiger partial charge in [-0.25, -0.2) is 0 Å². The lowest BCUT2D eigenvalue weighted by atomic mass is 10.1. The van der Waals surface area contributed by atoms with E-state index >= 15 is 0 Å². The summed E-state index contributed by atoms with van der Waals surface area (Å²) in [5.41, 5.74) is 0.476. The van der Waals surface area contributed by atoms with Crippen molar-refractivity contribution in [1.29, 1.82) is 0 Å². The first-order chi connectivity index (χ1) is 6.18. The van der Waals surface area contributed by atoms with Crippen molar-refractivity contribution >= 4 is 17.4 Å². The van der Waals surface area contributed by atoms with Crippen molar-refractivity contribution in [3.05, 3.63) is 17.3 Å². The van der Waals surface area contributed by atoms with Crippen molar-refractivity contribution in [2.24, 2.45) is 5.41 Å². The molecule has 1 heterocycles. The first-order valence-corrected chi connectivity index (χ1v) is 4.78. The van der Waals surface area contributed by atoms with Crippen molar-refractivity contribution in [3.63, 3.8) is 0 Å². The Labute approximate surface area is 82.5 Å². The zero-order valence-electron chi connectivity index (χ0n) is 7.55. The Morgan fingerprint density at radius 1 is 1.62 bits per heavy atom. The molecule has 13 heavy (non-hydrogen) atoms. The van der Waals surface area contributed by atoms with E-state index in [0.29, 0.717) is 10.4 Å². The lowest BCUT2D eigenvalue weighted by Gasteiger charge is -2.09. The third-order valence-electron chi connectivity index (χ3n) is 2.42. The van der Waals surface area contributed by atoms with E-state index in [-0.39, 0.29) is 0 Å². The maximum Gasteiger partial charge on any atom is 0.150 e. The summed E-state index contributed by atoms with van der Waals surface area (Å²) < 4.78 is 0. The maximum absolute atomic E-state index is 5.77. The van der Waals surface area contributed by atoms with Crippen LogP contribution in [0.3, 0.4) is 0 Å². The molecule has 0 saturated heterocycles. The number of hydrogen-bond acceptors (Lipinski definition) is 3. The largest absolute Gasteiger partial charge is 0.368 e. The summed E-state index contributed by atoms with van der Waals surface area (Å²) in [7, 11) is 0. The Morgan fingerprint density at radius 2 is 2.38 bits per heavy atom. The number of anilines is 1. The van der Waals surface area contributed by atoms with Crippen LogP contribution in [0.2, 0.25) is 5.02 Å². The summed E-state index contributed by atoms with van der Waals surface area (Å²) in [5.74, 6) is 0.764. The van der Waals surface area contributed by atoms with Crippen LogP contribution in [0, 0.1) is 5.41 Å². The molecule has 0 unspecified atom stereocenters. The van der Waals surface area contributed by atoms with E-state index in [1.165, 1.54) is 19.0 Å². The predicted molar refractivity (Wildman–Crippen MR) is 52.9 cm³/mol. The average molecular weight is 198 g/mol. The molecule has 0 aliphatic heterocycles. The number of nitrogens with zero attached hydrogens (tertiary/aromatic N) is 2. The summed E-state index contributed by atoms with van der Waals surface area (Å²) in [4.78, 5) is 0. The van der Waals surface area contributed by atoms with Crippen LogP contribution in [-0.4, -0.2) is 16.7 Å². The van der Waals surface area contributed by atoms with E-state index in [1.54, 1.807) is 6.07 Å². The first kappa shape index (κ1) is 8.75. The fraction of sp³-hybridized carbons (Fsp3) is 0.556. The summed E-state index contributed by atoms with van der Waals surface area (Å²) in [6.45, 7) is 3.22. The van der Waals surface area contributed by atoms with Gasteiger partial charge >= 0.3 is 0 Å². The van der Waals surface area contributed by atoms with Gasteiger partial charge in [-0.05, 0) is 18.3 Å². The predicted octanol–water partition coefficient (Wildman–Crippen LogP) is 2.34. The highest BCUT2D eigenvalue weighted by Crippen LogP contribution is 2.44. The average Bonchev–Trinajstić information content (AvgIpc) is 2.82. The van der Waals surface area contributed by atoms with Gasteiger partial charge < -0.3 is 5.32 Å². The fourth-order valence-corrected chi connectivity index (χ4v) is 1.27. The second-order valence-electron chi connectivity index (χ2n) is 3.92. The van der Waals surface area contributed by atoms with E-state index in [4.69, 9.17) is 11.6 Å². The Hall–Kier alpha value is -0.830. The second-order valence-corrected chi connectivity index (χ2v) is 4.36. The van der Waals surface area contributed by atoms with Gasteiger partial charge in [-0.2, -0.15) is 5.10 Å². The van der Waals surface area contributed by atoms with Crippen LogP contribution in [0.15, 0.2) is 12.3 Å². The molecule has 0 radical (unpaired) electrons. The lowest BCUT2D eigenvalue weighted by Crippen LogP contribution is -2.12. The number of aromatic nitrogens is 2. The third kappa shape index (κ3) is 2.31. The van der Waals surface area contributed by atoms with Crippen LogP contribution in [0.25, 0.3) is 0 Å². The molecule has 1 fully saturated rings. The lowest BCUT2D eigenvalue weighted by molar-refractivity contribution is 0.608. The van der Waals surface area contributed by atoms with Gasteiger partial charge in [0, 0.05) is 12.6 Å². The molecule has 1 N–H and O–H groups in total. The van der Waals surface area contributed by atoms with Gasteiger partial charge in [0.15, 0.2) is 0 Å². The molecule has 0 spiro atoms. The highest BCUT2D eigenvalue weighted by atomic mass is 35.5. The molecule has 1 saturated carbocycles. The zero-order valence-corrected chi connectivity index (χ0v) is 8.30. The quantitative estimate of drug-likeness (QED) is 0.809. The van der Waals surface area contributed by atoms with Gasteiger partial charge in [0.05, 0.1) is 11.2 Å². The van der Waals surface area contributed by atoms with Gasteiger partial charge in [0.1, 0.15) is 5.82 Å². The van der Waals surface area contributed by atoms with Crippen LogP contribution in [0.1, 0.15) is 19.8 Å². The van der Waals surface area contributed by atoms with E-state index in [9.17, 15) is 0 Å². The molecule has 1 aliphatic carbocycles. The molecule has 3 nitrogen and oxygen atoms in total. The van der Waals surface area contributed by atoms with Crippen molar-refractivity contribution < 1.29 is 0 Å². The zero-order chi connectivity index (χ0) is 9.31. The van der Waals surface area contributed by atoms with E-state index < -0.39 is 0 Å². The molecule has 4 heteroatoms. The molecule has 1 aromatic rings. The minimum absolute atomic E-state index is 0.476. The first-order valence-electron chi connectivity index (χ1n) is 4.40. The summed E-state index contributed by atoms with van der Waals surface area (Å²) in [6, 6.07) is 1.79. The molecule has 1 aliphatic rings. The smallest absolute Gasteiger partial charge is 0.150 e. The Morgan fingerprint density at radius 3 is 3.00 bits per heavy atom. The van der Waals surface area contributed by atoms with E-state index in [0.717, 1.165) is 12.4 Å². The summed E-state index contributed by atoms with van der Waals surface area (Å²) in [6.07, 6.45) is 4.13. The van der Waals surface area contributed by atoms with Crippen LogP contribution in [0.4, 0.5) is 5.82 Å². The number of hydrogen-bond donors (Lipinski definition) is 1. The summed E-state index contributed by atoms with van der Waals surface area (Å²) in [5, 5.41) is 11.5. The Balaban J connectivity index is 1.94. The molecular formula is C9H12ClN3. The standard InChI is InChI=1S/C9H12ClN3/c1-9(2-3-9)6-11-8-4-7(10)5-12-13-8/h4-5H,2-3,6H2,1H3,(H,11,13). The van der Waals surface area contributed by atoms with Crippen molar-refractivity contribution in [2.45, 2.75) is 19.8 Å². The minimum Gasteiger partial charge on any atom is -0.368 e. The Kier molecular flexibility index (Phi) is 2.12. The van der Waals surface area contributed by atoms with Gasteiger partial charge in [0.2, 0.25) is 0 Å². The number of halogens is 1. The normalized spacial score (nSPS) is 18.3. The molecule has 0 aromatic carbocycles. The molecule has 0 amide bonds. The van der Waals surface area contributed by atoms with Crippen LogP contribution < -0.4 is 5.32 Å². The molecule has 0 bridgehead atoms. The highest BCUT2D eigenvalue weighted by Gasteiger charge is 2.36. The Bertz CT molecular complexity index is 309. The molecule has 2 rings (SSSR count). The van der Waals surface area contributed by atoms with Gasteiger partial charge in [-0.15, -0.1) is 5.10 Å². The fourth-order valence-electron chi connectivity index (χ4n) is 1.12. The molecular weight excluding hydrogens is 186 g/mol. The van der Waals surface area contributed by atoms with Crippen molar-refractivity contribution in [3.8, 4) is 0 Å². The third-order valence-corrected chi connectivity index (χ3v) is 2.63. The van der Waals surface area contributed by atoms with Crippen molar-refractivity contribution in [1.82, 2.24) is 10.2 Å². The van der Waals surface area contributed by atoms with E-state index in [2.05, 4.69) is 22.4 Å². The van der Waals surface area contributed by atoms with Crippen molar-refractivity contribution in [2.75, 3.05) is 11.9 Å². The SMILES string of the molecule is CC1(CNc2cc(Cl)cnn2)CC1. The monoisotopic (exact) mass is 197 g/mol. The second kappa shape index (κ2) is 3.14. The highest BCUT2D eigenvalue weighted by molar-refractivity contribution is 6.30. The van der Waals surface area contributed by atoms with Gasteiger partial charge in [-0.1, -0.05) is 18.5 Å². The van der Waals surface area contributed by atoms with Gasteiger partial charge in [0.25, 0.3) is 0 Å². The van der Waals surface area contributed by atoms with Crippen LogP contribution in [-0.2, 0) is 0 Å². The molecule has 1 aromatic heterocycles. The van der Waals surface area contributed by atoms with E-state index in [1.807, 2.05) is 0 Å². The maximum atomic E-state index is 5.77. The van der Waals surface area contributed by atoms with Crippen LogP contribution >= 0.6 is 11.6 Å².